The molecule has 5 nitrogen and oxygen atoms in total. The average molecular weight is 358 g/mol. The summed E-state index contributed by atoms with van der Waals surface area (Å²) in [6.07, 6.45) is -8.80. The summed E-state index contributed by atoms with van der Waals surface area (Å²) >= 11 is 0. The van der Waals surface area contributed by atoms with Gasteiger partial charge in [0.2, 0.25) is 0 Å². The number of amides is 1. The molecule has 0 aliphatic heterocycles. The second kappa shape index (κ2) is 7.49. The molecule has 0 aliphatic rings. The number of hydrogen-bond donors (Lipinski definition) is 0. The Bertz CT molecular complexity index is 583. The van der Waals surface area contributed by atoms with Gasteiger partial charge in [0.15, 0.2) is 6.61 Å². The molecule has 0 aliphatic carbocycles. The molecule has 0 atom stereocenters. The number of carbonyl (C=O) groups is 2. The highest BCUT2D eigenvalue weighted by Gasteiger charge is 2.33. The summed E-state index contributed by atoms with van der Waals surface area (Å²) in [7, 11) is 0. The Morgan fingerprint density at radius 3 is 2.21 bits per heavy atom. The van der Waals surface area contributed by atoms with E-state index in [0.29, 0.717) is 6.20 Å². The number of aromatic nitrogens is 1. The average Bonchev–Trinajstić information content (AvgIpc) is 2.48. The minimum absolute atomic E-state index is 0.0295. The molecule has 11 heteroatoms. The van der Waals surface area contributed by atoms with E-state index in [1.54, 1.807) is 0 Å². The number of esters is 1. The van der Waals surface area contributed by atoms with Gasteiger partial charge in [0, 0.05) is 12.7 Å². The van der Waals surface area contributed by atoms with Crippen molar-refractivity contribution in [2.24, 2.45) is 0 Å². The highest BCUT2D eigenvalue weighted by Crippen LogP contribution is 2.28. The lowest BCUT2D eigenvalue weighted by Gasteiger charge is -2.19. The number of hydrogen-bond acceptors (Lipinski definition) is 4. The third-order valence-corrected chi connectivity index (χ3v) is 2.72. The smallest absolute Gasteiger partial charge is 0.422 e. The van der Waals surface area contributed by atoms with Crippen LogP contribution in [-0.2, 0) is 27.0 Å². The molecule has 0 fully saturated rings. The number of pyridine rings is 1. The van der Waals surface area contributed by atoms with E-state index in [0.717, 1.165) is 17.0 Å². The normalized spacial score (nSPS) is 12.0. The van der Waals surface area contributed by atoms with Crippen LogP contribution in [0.4, 0.5) is 26.3 Å². The lowest BCUT2D eigenvalue weighted by Crippen LogP contribution is -2.38. The summed E-state index contributed by atoms with van der Waals surface area (Å²) in [5.41, 5.74) is -0.966. The highest BCUT2D eigenvalue weighted by molar-refractivity contribution is 6.32. The maximum atomic E-state index is 12.4. The summed E-state index contributed by atoms with van der Waals surface area (Å²) in [6, 6.07) is 1.74. The van der Waals surface area contributed by atoms with E-state index in [1.807, 2.05) is 0 Å². The predicted octanol–water partition coefficient (Wildman–Crippen LogP) is 2.55. The van der Waals surface area contributed by atoms with Gasteiger partial charge in [-0.1, -0.05) is 0 Å². The monoisotopic (exact) mass is 358 g/mol. The molecule has 0 unspecified atom stereocenters. The van der Waals surface area contributed by atoms with Gasteiger partial charge in [-0.3, -0.25) is 9.78 Å². The fraction of sp³-hybridized carbons (Fsp3) is 0.462. The van der Waals surface area contributed by atoms with Gasteiger partial charge in [-0.25, -0.2) is 4.79 Å². The Labute approximate surface area is 132 Å². The summed E-state index contributed by atoms with van der Waals surface area (Å²) in [6.45, 7) is -0.913. The number of alkyl halides is 6. The van der Waals surface area contributed by atoms with Crippen molar-refractivity contribution in [3.8, 4) is 0 Å². The number of halogens is 6. The van der Waals surface area contributed by atoms with Gasteiger partial charge < -0.3 is 9.64 Å². The maximum absolute atomic E-state index is 12.4. The highest BCUT2D eigenvalue weighted by atomic mass is 19.4. The molecule has 24 heavy (non-hydrogen) atoms. The molecule has 0 bridgehead atoms. The molecule has 0 saturated heterocycles. The molecule has 1 aromatic heterocycles. The maximum Gasteiger partial charge on any atom is 0.422 e. The second-order valence-electron chi connectivity index (χ2n) is 4.55. The van der Waals surface area contributed by atoms with Crippen LogP contribution >= 0.6 is 0 Å². The minimum Gasteiger partial charge on any atom is -0.449 e. The van der Waals surface area contributed by atoms with E-state index in [9.17, 15) is 35.9 Å². The molecular weight excluding hydrogens is 346 g/mol. The van der Waals surface area contributed by atoms with Crippen molar-refractivity contribution >= 4 is 11.9 Å². The number of nitrogens with zero attached hydrogens (tertiary/aromatic N) is 2. The van der Waals surface area contributed by atoms with Crippen molar-refractivity contribution in [2.45, 2.75) is 25.8 Å². The molecule has 0 aromatic carbocycles. The van der Waals surface area contributed by atoms with Crippen LogP contribution in [-0.4, -0.2) is 41.1 Å². The Hall–Kier alpha value is -2.33. The van der Waals surface area contributed by atoms with Gasteiger partial charge in [0.25, 0.3) is 0 Å². The van der Waals surface area contributed by atoms with Crippen molar-refractivity contribution in [3.63, 3.8) is 0 Å². The lowest BCUT2D eigenvalue weighted by atomic mass is 10.2. The largest absolute Gasteiger partial charge is 0.449 e. The van der Waals surface area contributed by atoms with Crippen LogP contribution in [0.25, 0.3) is 0 Å². The zero-order valence-electron chi connectivity index (χ0n) is 12.2. The van der Waals surface area contributed by atoms with Gasteiger partial charge in [-0.2, -0.15) is 26.3 Å². The molecule has 0 radical (unpaired) electrons. The van der Waals surface area contributed by atoms with Crippen LogP contribution in [0, 0.1) is 0 Å². The molecule has 134 valence electrons. The zero-order chi connectivity index (χ0) is 18.5. The quantitative estimate of drug-likeness (QED) is 0.472. The summed E-state index contributed by atoms with van der Waals surface area (Å²) < 4.78 is 76.9. The first kappa shape index (κ1) is 19.7. The van der Waals surface area contributed by atoms with Crippen LogP contribution < -0.4 is 0 Å². The molecule has 1 aromatic rings. The van der Waals surface area contributed by atoms with Crippen molar-refractivity contribution in [1.29, 1.82) is 0 Å². The number of carbonyl (C=O) groups excluding carboxylic acids is 2. The Morgan fingerprint density at radius 2 is 1.79 bits per heavy atom. The number of ether oxygens (including phenoxy) is 1. The van der Waals surface area contributed by atoms with Crippen molar-refractivity contribution in [2.75, 3.05) is 13.2 Å². The summed E-state index contributed by atoms with van der Waals surface area (Å²) in [4.78, 5) is 27.3. The Kier molecular flexibility index (Phi) is 6.16. The first-order valence-corrected chi connectivity index (χ1v) is 6.49. The summed E-state index contributed by atoms with van der Waals surface area (Å²) in [5, 5.41) is 0. The van der Waals surface area contributed by atoms with Gasteiger partial charge in [0.05, 0.1) is 17.8 Å². The van der Waals surface area contributed by atoms with E-state index < -0.39 is 36.4 Å². The van der Waals surface area contributed by atoms with Crippen LogP contribution in [0.3, 0.4) is 0 Å². The first-order chi connectivity index (χ1) is 10.9. The van der Waals surface area contributed by atoms with Crippen molar-refractivity contribution < 1.29 is 40.7 Å². The topological polar surface area (TPSA) is 59.5 Å². The fourth-order valence-corrected chi connectivity index (χ4v) is 1.55. The lowest BCUT2D eigenvalue weighted by molar-refractivity contribution is -0.189. The second-order valence-corrected chi connectivity index (χ2v) is 4.55. The fourth-order valence-electron chi connectivity index (χ4n) is 1.55. The predicted molar refractivity (Wildman–Crippen MR) is 67.3 cm³/mol. The molecule has 1 rings (SSSR count). The third-order valence-electron chi connectivity index (χ3n) is 2.72. The first-order valence-electron chi connectivity index (χ1n) is 6.49. The molecule has 0 N–H and O–H groups in total. The van der Waals surface area contributed by atoms with Crippen molar-refractivity contribution in [1.82, 2.24) is 9.88 Å². The number of likely N-dealkylation sites (N-methyl/N-ethyl adjacent to an activating group) is 1. The van der Waals surface area contributed by atoms with Gasteiger partial charge in [-0.05, 0) is 19.1 Å². The standard InChI is InChI=1S/C13H12F6N2O3/c1-2-21(10(22)11(23)24-7-12(14,15)16)6-9-4-3-8(5-20-9)13(17,18)19/h3-5H,2,6-7H2,1H3. The van der Waals surface area contributed by atoms with E-state index in [1.165, 1.54) is 6.92 Å². The SMILES string of the molecule is CCN(Cc1ccc(C(F)(F)F)cn1)C(=O)C(=O)OCC(F)(F)F. The van der Waals surface area contributed by atoms with Gasteiger partial charge in [-0.15, -0.1) is 0 Å². The van der Waals surface area contributed by atoms with Crippen LogP contribution in [0.15, 0.2) is 18.3 Å². The van der Waals surface area contributed by atoms with E-state index in [-0.39, 0.29) is 18.8 Å². The van der Waals surface area contributed by atoms with Crippen LogP contribution in [0.5, 0.6) is 0 Å². The molecule has 1 heterocycles. The van der Waals surface area contributed by atoms with E-state index in [4.69, 9.17) is 0 Å². The van der Waals surface area contributed by atoms with E-state index >= 15 is 0 Å². The van der Waals surface area contributed by atoms with Gasteiger partial charge in [0.1, 0.15) is 0 Å². The Morgan fingerprint density at radius 1 is 1.17 bits per heavy atom. The molecular formula is C13H12F6N2O3. The van der Waals surface area contributed by atoms with Crippen LogP contribution in [0.1, 0.15) is 18.2 Å². The zero-order valence-corrected chi connectivity index (χ0v) is 12.2. The third kappa shape index (κ3) is 6.05. The molecule has 0 spiro atoms. The number of rotatable bonds is 4. The molecule has 1 amide bonds. The molecule has 0 saturated carbocycles. The van der Waals surface area contributed by atoms with Crippen LogP contribution in [0.2, 0.25) is 0 Å². The Balaban J connectivity index is 2.73. The van der Waals surface area contributed by atoms with Crippen molar-refractivity contribution in [3.05, 3.63) is 29.6 Å². The van der Waals surface area contributed by atoms with Gasteiger partial charge >= 0.3 is 24.2 Å². The van der Waals surface area contributed by atoms with E-state index in [2.05, 4.69) is 9.72 Å². The summed E-state index contributed by atoms with van der Waals surface area (Å²) in [5.74, 6) is -3.05. The minimum atomic E-state index is -4.78.